The lowest BCUT2D eigenvalue weighted by Crippen LogP contribution is -2.43. The fraction of sp³-hybridized carbons (Fsp3) is 0.286. The first-order valence-electron chi connectivity index (χ1n) is 9.33. The molecule has 6 nitrogen and oxygen atoms in total. The smallest absolute Gasteiger partial charge is 0.414 e. The van der Waals surface area contributed by atoms with E-state index in [1.807, 2.05) is 12.1 Å². The molecule has 1 saturated heterocycles. The van der Waals surface area contributed by atoms with Crippen LogP contribution in [0, 0.1) is 0 Å². The number of rotatable bonds is 4. The molecule has 1 fully saturated rings. The summed E-state index contributed by atoms with van der Waals surface area (Å²) >= 11 is 12.0. The highest BCUT2D eigenvalue weighted by atomic mass is 35.5. The van der Waals surface area contributed by atoms with Crippen molar-refractivity contribution in [3.05, 3.63) is 58.3 Å². The lowest BCUT2D eigenvalue weighted by molar-refractivity contribution is 0.148. The lowest BCUT2D eigenvalue weighted by atomic mass is 10.2. The van der Waals surface area contributed by atoms with E-state index in [9.17, 15) is 4.79 Å². The van der Waals surface area contributed by atoms with Crippen LogP contribution >= 0.6 is 23.2 Å². The second kappa shape index (κ2) is 8.53. The zero-order valence-corrected chi connectivity index (χ0v) is 17.5. The minimum Gasteiger partial charge on any atom is -0.462 e. The Labute approximate surface area is 178 Å². The van der Waals surface area contributed by atoms with Crippen molar-refractivity contribution in [1.82, 2.24) is 5.32 Å². The van der Waals surface area contributed by atoms with E-state index >= 15 is 0 Å². The predicted octanol–water partition coefficient (Wildman–Crippen LogP) is 4.92. The number of piperazine rings is 1. The lowest BCUT2D eigenvalue weighted by Gasteiger charge is -2.29. The van der Waals surface area contributed by atoms with E-state index in [0.29, 0.717) is 15.7 Å². The molecule has 0 spiro atoms. The molecule has 3 aromatic rings. The van der Waals surface area contributed by atoms with Gasteiger partial charge in [-0.3, -0.25) is 4.90 Å². The Morgan fingerprint density at radius 1 is 1.17 bits per heavy atom. The molecule has 1 aromatic heterocycles. The molecule has 29 heavy (non-hydrogen) atoms. The highest BCUT2D eigenvalue weighted by molar-refractivity contribution is 6.34. The zero-order chi connectivity index (χ0) is 20.4. The van der Waals surface area contributed by atoms with Crippen LogP contribution in [0.2, 0.25) is 10.0 Å². The number of carbonyl (C=O) groups is 1. The molecule has 1 amide bonds. The van der Waals surface area contributed by atoms with Gasteiger partial charge in [0.05, 0.1) is 5.69 Å². The van der Waals surface area contributed by atoms with Gasteiger partial charge in [0.2, 0.25) is 0 Å². The van der Waals surface area contributed by atoms with Gasteiger partial charge in [-0.05, 0) is 42.0 Å². The molecule has 2 aromatic carbocycles. The van der Waals surface area contributed by atoms with Gasteiger partial charge >= 0.3 is 6.09 Å². The molecule has 0 unspecified atom stereocenters. The van der Waals surface area contributed by atoms with Crippen LogP contribution in [0.3, 0.4) is 0 Å². The highest BCUT2D eigenvalue weighted by Crippen LogP contribution is 2.32. The van der Waals surface area contributed by atoms with E-state index < -0.39 is 6.09 Å². The molecule has 1 N–H and O–H groups in total. The van der Waals surface area contributed by atoms with E-state index in [-0.39, 0.29) is 6.61 Å². The molecule has 0 bridgehead atoms. The molecule has 1 aliphatic rings. The molecule has 152 valence electrons. The van der Waals surface area contributed by atoms with Gasteiger partial charge in [0.25, 0.3) is 0 Å². The van der Waals surface area contributed by atoms with Gasteiger partial charge in [-0.25, -0.2) is 4.79 Å². The molecule has 0 saturated carbocycles. The van der Waals surface area contributed by atoms with E-state index in [0.717, 1.165) is 48.4 Å². The third-order valence-corrected chi connectivity index (χ3v) is 5.38. The van der Waals surface area contributed by atoms with E-state index in [1.54, 1.807) is 31.5 Å². The molecule has 0 atom stereocenters. The van der Waals surface area contributed by atoms with Crippen molar-refractivity contribution < 1.29 is 13.9 Å². The minimum atomic E-state index is -0.489. The summed E-state index contributed by atoms with van der Waals surface area (Å²) < 4.78 is 11.1. The number of nitrogens with one attached hydrogen (secondary N) is 1. The zero-order valence-electron chi connectivity index (χ0n) is 16.0. The molecule has 0 radical (unpaired) electrons. The fourth-order valence-electron chi connectivity index (χ4n) is 3.42. The second-order valence-electron chi connectivity index (χ2n) is 6.93. The van der Waals surface area contributed by atoms with Crippen LogP contribution in [-0.4, -0.2) is 39.3 Å². The highest BCUT2D eigenvalue weighted by Gasteiger charge is 2.19. The van der Waals surface area contributed by atoms with Crippen molar-refractivity contribution in [3.63, 3.8) is 0 Å². The number of hydrogen-bond donors (Lipinski definition) is 1. The number of fused-ring (bicyclic) bond motifs is 1. The first-order valence-corrected chi connectivity index (χ1v) is 10.1. The minimum absolute atomic E-state index is 0.0747. The third-order valence-electron chi connectivity index (χ3n) is 4.94. The molecule has 2 heterocycles. The average Bonchev–Trinajstić information content (AvgIpc) is 3.14. The number of anilines is 2. The topological polar surface area (TPSA) is 58.0 Å². The van der Waals surface area contributed by atoms with Gasteiger partial charge in [-0.15, -0.1) is 0 Å². The van der Waals surface area contributed by atoms with Crippen molar-refractivity contribution in [3.8, 4) is 0 Å². The number of furan rings is 1. The molecule has 0 aliphatic carbocycles. The van der Waals surface area contributed by atoms with Crippen molar-refractivity contribution in [1.29, 1.82) is 0 Å². The Morgan fingerprint density at radius 3 is 2.62 bits per heavy atom. The van der Waals surface area contributed by atoms with Crippen LogP contribution < -0.4 is 15.1 Å². The summed E-state index contributed by atoms with van der Waals surface area (Å²) in [6.45, 7) is 3.87. The maximum absolute atomic E-state index is 12.6. The quantitative estimate of drug-likeness (QED) is 0.632. The Morgan fingerprint density at radius 2 is 1.90 bits per heavy atom. The molecule has 8 heteroatoms. The summed E-state index contributed by atoms with van der Waals surface area (Å²) in [4.78, 5) is 16.3. The normalized spacial score (nSPS) is 14.2. The van der Waals surface area contributed by atoms with E-state index in [1.165, 1.54) is 4.90 Å². The van der Waals surface area contributed by atoms with Gasteiger partial charge in [0, 0.05) is 54.3 Å². The molecule has 4 rings (SSSR count). The number of ether oxygens (including phenoxy) is 1. The first-order chi connectivity index (χ1) is 14.0. The van der Waals surface area contributed by atoms with Gasteiger partial charge in [0.15, 0.2) is 0 Å². The van der Waals surface area contributed by atoms with Crippen molar-refractivity contribution in [2.75, 3.05) is 43.0 Å². The first kappa shape index (κ1) is 19.9. The summed E-state index contributed by atoms with van der Waals surface area (Å²) in [7, 11) is 1.66. The summed E-state index contributed by atoms with van der Waals surface area (Å²) in [6, 6.07) is 11.1. The average molecular weight is 434 g/mol. The SMILES string of the molecule is CN(C(=O)OCc1cc(Cl)cc(Cl)c1)c1coc2ccc(N3CCNCC3)cc12. The molecular formula is C21H21Cl2N3O3. The van der Waals surface area contributed by atoms with Crippen LogP contribution in [0.1, 0.15) is 5.56 Å². The van der Waals surface area contributed by atoms with Crippen LogP contribution in [0.4, 0.5) is 16.2 Å². The Hall–Kier alpha value is -2.41. The summed E-state index contributed by atoms with van der Waals surface area (Å²) in [5.41, 5.74) is 3.21. The van der Waals surface area contributed by atoms with Gasteiger partial charge in [-0.2, -0.15) is 0 Å². The standard InChI is InChI=1S/C21H21Cl2N3O3/c1-25(21(27)29-12-14-8-15(22)10-16(23)9-14)19-13-28-20-3-2-17(11-18(19)20)26-6-4-24-5-7-26/h2-3,8-11,13,24H,4-7,12H2,1H3. The predicted molar refractivity (Wildman–Crippen MR) is 116 cm³/mol. The van der Waals surface area contributed by atoms with Crippen LogP contribution in [0.5, 0.6) is 0 Å². The van der Waals surface area contributed by atoms with E-state index in [4.69, 9.17) is 32.4 Å². The number of amides is 1. The second-order valence-corrected chi connectivity index (χ2v) is 7.80. The Kier molecular flexibility index (Phi) is 5.85. The van der Waals surface area contributed by atoms with Gasteiger partial charge < -0.3 is 19.4 Å². The number of carbonyl (C=O) groups excluding carboxylic acids is 1. The maximum Gasteiger partial charge on any atom is 0.414 e. The van der Waals surface area contributed by atoms with Crippen molar-refractivity contribution >= 4 is 51.6 Å². The fourth-order valence-corrected chi connectivity index (χ4v) is 3.99. The number of nitrogens with zero attached hydrogens (tertiary/aromatic N) is 2. The maximum atomic E-state index is 12.6. The van der Waals surface area contributed by atoms with Crippen LogP contribution in [0.25, 0.3) is 11.0 Å². The number of halogens is 2. The molecular weight excluding hydrogens is 413 g/mol. The summed E-state index contributed by atoms with van der Waals surface area (Å²) in [5, 5.41) is 5.21. The van der Waals surface area contributed by atoms with Crippen LogP contribution in [-0.2, 0) is 11.3 Å². The molecule has 1 aliphatic heterocycles. The van der Waals surface area contributed by atoms with Gasteiger partial charge in [-0.1, -0.05) is 23.2 Å². The van der Waals surface area contributed by atoms with Gasteiger partial charge in [0.1, 0.15) is 18.5 Å². The Bertz CT molecular complexity index is 1010. The van der Waals surface area contributed by atoms with E-state index in [2.05, 4.69) is 16.3 Å². The largest absolute Gasteiger partial charge is 0.462 e. The third kappa shape index (κ3) is 4.45. The van der Waals surface area contributed by atoms with Crippen molar-refractivity contribution in [2.45, 2.75) is 6.61 Å². The number of hydrogen-bond acceptors (Lipinski definition) is 5. The summed E-state index contributed by atoms with van der Waals surface area (Å²) in [5.74, 6) is 0. The number of benzene rings is 2. The van der Waals surface area contributed by atoms with Crippen LogP contribution in [0.15, 0.2) is 47.1 Å². The Balaban J connectivity index is 1.51. The summed E-state index contributed by atoms with van der Waals surface area (Å²) in [6.07, 6.45) is 1.08. The monoisotopic (exact) mass is 433 g/mol. The van der Waals surface area contributed by atoms with Crippen molar-refractivity contribution in [2.24, 2.45) is 0 Å².